The second-order valence-electron chi connectivity index (χ2n) is 5.97. The standard InChI is InChI=1S/C22H20IN3O2/c1-24-26(20-10-6-3-7-11-20)22(28)18-14-12-17(13-15-18)21(27)25(16-23)19-8-4-2-5-9-19/h2-15,24H,16H2,1H3. The van der Waals surface area contributed by atoms with Gasteiger partial charge in [0.25, 0.3) is 11.8 Å². The zero-order valence-corrected chi connectivity index (χ0v) is 17.5. The average molecular weight is 485 g/mol. The highest BCUT2D eigenvalue weighted by atomic mass is 127. The van der Waals surface area contributed by atoms with Crippen molar-refractivity contribution >= 4 is 45.8 Å². The highest BCUT2D eigenvalue weighted by Crippen LogP contribution is 2.20. The summed E-state index contributed by atoms with van der Waals surface area (Å²) in [4.78, 5) is 27.4. The van der Waals surface area contributed by atoms with Crippen LogP contribution < -0.4 is 15.3 Å². The molecule has 0 bridgehead atoms. The second kappa shape index (κ2) is 9.48. The minimum absolute atomic E-state index is 0.104. The van der Waals surface area contributed by atoms with Crippen molar-refractivity contribution in [3.63, 3.8) is 0 Å². The Kier molecular flexibility index (Phi) is 6.78. The number of nitrogens with one attached hydrogen (secondary N) is 1. The maximum Gasteiger partial charge on any atom is 0.272 e. The largest absolute Gasteiger partial charge is 0.299 e. The fourth-order valence-electron chi connectivity index (χ4n) is 2.81. The molecule has 142 valence electrons. The van der Waals surface area contributed by atoms with E-state index in [0.717, 1.165) is 11.4 Å². The molecule has 0 unspecified atom stereocenters. The van der Waals surface area contributed by atoms with Crippen molar-refractivity contribution in [2.75, 3.05) is 21.5 Å². The number of hydrogen-bond acceptors (Lipinski definition) is 3. The summed E-state index contributed by atoms with van der Waals surface area (Å²) >= 11 is 2.17. The first-order chi connectivity index (χ1) is 13.7. The molecule has 0 heterocycles. The molecule has 2 amide bonds. The van der Waals surface area contributed by atoms with Gasteiger partial charge < -0.3 is 0 Å². The lowest BCUT2D eigenvalue weighted by atomic mass is 10.1. The van der Waals surface area contributed by atoms with Crippen LogP contribution in [0.1, 0.15) is 20.7 Å². The number of hydrazine groups is 1. The fourth-order valence-corrected chi connectivity index (χ4v) is 3.52. The Labute approximate surface area is 178 Å². The molecule has 0 fully saturated rings. The van der Waals surface area contributed by atoms with E-state index in [1.54, 1.807) is 36.2 Å². The molecule has 0 aliphatic rings. The number of benzene rings is 3. The molecule has 3 aromatic carbocycles. The Morgan fingerprint density at radius 2 is 1.21 bits per heavy atom. The van der Waals surface area contributed by atoms with Gasteiger partial charge in [0.05, 0.1) is 10.2 Å². The molecule has 0 saturated carbocycles. The van der Waals surface area contributed by atoms with E-state index >= 15 is 0 Å². The van der Waals surface area contributed by atoms with Crippen LogP contribution in [0.25, 0.3) is 0 Å². The third-order valence-corrected chi connectivity index (χ3v) is 4.93. The van der Waals surface area contributed by atoms with E-state index in [9.17, 15) is 9.59 Å². The summed E-state index contributed by atoms with van der Waals surface area (Å²) in [7, 11) is 1.70. The van der Waals surface area contributed by atoms with E-state index < -0.39 is 0 Å². The maximum absolute atomic E-state index is 12.9. The number of amides is 2. The van der Waals surface area contributed by atoms with Crippen LogP contribution in [0.5, 0.6) is 0 Å². The zero-order chi connectivity index (χ0) is 19.9. The molecule has 5 nitrogen and oxygen atoms in total. The van der Waals surface area contributed by atoms with Gasteiger partial charge in [-0.1, -0.05) is 59.0 Å². The Balaban J connectivity index is 1.81. The molecule has 28 heavy (non-hydrogen) atoms. The molecule has 0 aliphatic carbocycles. The molecular weight excluding hydrogens is 465 g/mol. The van der Waals surface area contributed by atoms with Crippen LogP contribution in [0.15, 0.2) is 84.9 Å². The number of carbonyl (C=O) groups is 2. The second-order valence-corrected chi connectivity index (χ2v) is 6.65. The monoisotopic (exact) mass is 485 g/mol. The first kappa shape index (κ1) is 20.0. The number of carbonyl (C=O) groups excluding carboxylic acids is 2. The van der Waals surface area contributed by atoms with Crippen molar-refractivity contribution in [1.29, 1.82) is 0 Å². The molecular formula is C22H20IN3O2. The fraction of sp³-hybridized carbons (Fsp3) is 0.0909. The lowest BCUT2D eigenvalue weighted by molar-refractivity contribution is 0.0971. The van der Waals surface area contributed by atoms with Crippen LogP contribution in [-0.4, -0.2) is 23.4 Å². The minimum atomic E-state index is -0.193. The number of para-hydroxylation sites is 2. The van der Waals surface area contributed by atoms with Gasteiger partial charge in [0, 0.05) is 23.9 Å². The molecule has 6 heteroatoms. The quantitative estimate of drug-likeness (QED) is 0.242. The van der Waals surface area contributed by atoms with Gasteiger partial charge in [-0.3, -0.25) is 14.5 Å². The Bertz CT molecular complexity index is 853. The Morgan fingerprint density at radius 3 is 1.68 bits per heavy atom. The van der Waals surface area contributed by atoms with Gasteiger partial charge in [0.15, 0.2) is 0 Å². The van der Waals surface area contributed by atoms with Crippen molar-refractivity contribution < 1.29 is 9.59 Å². The van der Waals surface area contributed by atoms with Crippen molar-refractivity contribution in [3.8, 4) is 0 Å². The number of nitrogens with zero attached hydrogens (tertiary/aromatic N) is 2. The van der Waals surface area contributed by atoms with Crippen LogP contribution in [0.2, 0.25) is 0 Å². The van der Waals surface area contributed by atoms with Crippen molar-refractivity contribution in [3.05, 3.63) is 96.1 Å². The highest BCUT2D eigenvalue weighted by Gasteiger charge is 2.19. The van der Waals surface area contributed by atoms with Gasteiger partial charge in [-0.25, -0.2) is 10.4 Å². The van der Waals surface area contributed by atoms with Gasteiger partial charge in [0.2, 0.25) is 0 Å². The molecule has 0 atom stereocenters. The number of halogens is 1. The summed E-state index contributed by atoms with van der Waals surface area (Å²) < 4.78 is 0.531. The topological polar surface area (TPSA) is 52.7 Å². The van der Waals surface area contributed by atoms with E-state index in [2.05, 4.69) is 28.0 Å². The molecule has 0 aromatic heterocycles. The average Bonchev–Trinajstić information content (AvgIpc) is 2.76. The van der Waals surface area contributed by atoms with Crippen molar-refractivity contribution in [1.82, 2.24) is 5.43 Å². The lowest BCUT2D eigenvalue weighted by Crippen LogP contribution is -2.40. The zero-order valence-electron chi connectivity index (χ0n) is 15.4. The van der Waals surface area contributed by atoms with Gasteiger partial charge >= 0.3 is 0 Å². The van der Waals surface area contributed by atoms with Crippen LogP contribution in [-0.2, 0) is 0 Å². The Morgan fingerprint density at radius 1 is 0.750 bits per heavy atom. The van der Waals surface area contributed by atoms with Crippen LogP contribution in [0.3, 0.4) is 0 Å². The van der Waals surface area contributed by atoms with Crippen molar-refractivity contribution in [2.24, 2.45) is 0 Å². The molecule has 3 rings (SSSR count). The molecule has 0 saturated heterocycles. The highest BCUT2D eigenvalue weighted by molar-refractivity contribution is 14.1. The van der Waals surface area contributed by atoms with E-state index in [1.165, 1.54) is 5.01 Å². The summed E-state index contributed by atoms with van der Waals surface area (Å²) in [6, 6.07) is 25.6. The van der Waals surface area contributed by atoms with Gasteiger partial charge in [0.1, 0.15) is 0 Å². The third kappa shape index (κ3) is 4.40. The Hall–Kier alpha value is -2.71. The molecule has 3 aromatic rings. The van der Waals surface area contributed by atoms with Crippen LogP contribution in [0.4, 0.5) is 11.4 Å². The summed E-state index contributed by atoms with van der Waals surface area (Å²) in [6.07, 6.45) is 0. The summed E-state index contributed by atoms with van der Waals surface area (Å²) in [5.41, 5.74) is 5.53. The normalized spacial score (nSPS) is 10.4. The third-order valence-electron chi connectivity index (χ3n) is 4.25. The molecule has 0 radical (unpaired) electrons. The van der Waals surface area contributed by atoms with Gasteiger partial charge in [-0.15, -0.1) is 0 Å². The predicted octanol–water partition coefficient (Wildman–Crippen LogP) is 4.51. The smallest absolute Gasteiger partial charge is 0.272 e. The number of anilines is 2. The molecule has 0 spiro atoms. The maximum atomic E-state index is 12.9. The van der Waals surface area contributed by atoms with E-state index in [4.69, 9.17) is 0 Å². The molecule has 0 aliphatic heterocycles. The lowest BCUT2D eigenvalue weighted by Gasteiger charge is -2.22. The number of hydrogen-bond donors (Lipinski definition) is 1. The number of rotatable bonds is 6. The first-order valence-electron chi connectivity index (χ1n) is 8.75. The number of alkyl halides is 1. The van der Waals surface area contributed by atoms with E-state index in [-0.39, 0.29) is 11.8 Å². The summed E-state index contributed by atoms with van der Waals surface area (Å²) in [5.74, 6) is -0.297. The summed E-state index contributed by atoms with van der Waals surface area (Å²) in [6.45, 7) is 0. The van der Waals surface area contributed by atoms with E-state index in [1.807, 2.05) is 60.7 Å². The van der Waals surface area contributed by atoms with Gasteiger partial charge in [-0.05, 0) is 48.5 Å². The first-order valence-corrected chi connectivity index (χ1v) is 10.3. The van der Waals surface area contributed by atoms with Crippen LogP contribution >= 0.6 is 22.6 Å². The van der Waals surface area contributed by atoms with Crippen LogP contribution in [0, 0.1) is 0 Å². The van der Waals surface area contributed by atoms with E-state index in [0.29, 0.717) is 15.7 Å². The SMILES string of the molecule is CNN(C(=O)c1ccc(C(=O)N(CI)c2ccccc2)cc1)c1ccccc1. The predicted molar refractivity (Wildman–Crippen MR) is 121 cm³/mol. The van der Waals surface area contributed by atoms with Crippen molar-refractivity contribution in [2.45, 2.75) is 0 Å². The summed E-state index contributed by atoms with van der Waals surface area (Å²) in [5, 5.41) is 1.47. The van der Waals surface area contributed by atoms with Gasteiger partial charge in [-0.2, -0.15) is 0 Å². The minimum Gasteiger partial charge on any atom is -0.299 e. The molecule has 1 N–H and O–H groups in total.